The van der Waals surface area contributed by atoms with Gasteiger partial charge in [-0.2, -0.15) is 5.10 Å². The number of carbonyl (C=O) groups excluding carboxylic acids is 1. The number of aryl methyl sites for hydroxylation is 1. The summed E-state index contributed by atoms with van der Waals surface area (Å²) in [7, 11) is 1.70. The van der Waals surface area contributed by atoms with Crippen LogP contribution in [0.25, 0.3) is 11.0 Å². The largest absolute Gasteiger partial charge is 0.458 e. The Hall–Kier alpha value is -2.18. The lowest BCUT2D eigenvalue weighted by molar-refractivity contribution is -0.158. The van der Waals surface area contributed by atoms with Gasteiger partial charge in [0.15, 0.2) is 5.65 Å². The van der Waals surface area contributed by atoms with Crippen LogP contribution in [0.2, 0.25) is 0 Å². The Morgan fingerprint density at radius 1 is 1.40 bits per heavy atom. The molecule has 0 aliphatic heterocycles. The van der Waals surface area contributed by atoms with Crippen LogP contribution in [0.15, 0.2) is 17.3 Å². The van der Waals surface area contributed by atoms with Crippen LogP contribution in [0.4, 0.5) is 0 Å². The molecule has 2 heterocycles. The van der Waals surface area contributed by atoms with Gasteiger partial charge in [-0.05, 0) is 27.7 Å². The number of esters is 1. The molecule has 20 heavy (non-hydrogen) atoms. The van der Waals surface area contributed by atoms with E-state index in [0.717, 1.165) is 0 Å². The molecule has 0 bridgehead atoms. The smallest absolute Gasteiger partial charge is 0.329 e. The average Bonchev–Trinajstić information content (AvgIpc) is 2.70. The van der Waals surface area contributed by atoms with E-state index in [1.54, 1.807) is 34.7 Å². The van der Waals surface area contributed by atoms with Gasteiger partial charge in [-0.3, -0.25) is 14.0 Å². The standard InChI is InChI=1S/C13H18N4O3/c1-8(12(19)20-13(2,3)4)17-7-14-10-9(11(17)18)6-15-16(10)5/h6-8H,1-5H3. The highest BCUT2D eigenvalue weighted by molar-refractivity contribution is 5.76. The van der Waals surface area contributed by atoms with E-state index in [1.807, 2.05) is 0 Å². The minimum atomic E-state index is -0.737. The molecule has 0 saturated heterocycles. The monoisotopic (exact) mass is 278 g/mol. The van der Waals surface area contributed by atoms with E-state index < -0.39 is 17.6 Å². The van der Waals surface area contributed by atoms with Gasteiger partial charge in [0.1, 0.15) is 23.4 Å². The summed E-state index contributed by atoms with van der Waals surface area (Å²) in [6, 6.07) is -0.737. The summed E-state index contributed by atoms with van der Waals surface area (Å²) in [6.07, 6.45) is 2.80. The lowest BCUT2D eigenvalue weighted by atomic mass is 10.2. The number of fused-ring (bicyclic) bond motifs is 1. The highest BCUT2D eigenvalue weighted by Crippen LogP contribution is 2.14. The van der Waals surface area contributed by atoms with Crippen LogP contribution in [-0.4, -0.2) is 30.9 Å². The zero-order valence-corrected chi connectivity index (χ0v) is 12.2. The zero-order valence-electron chi connectivity index (χ0n) is 12.2. The normalized spacial score (nSPS) is 13.4. The molecular weight excluding hydrogens is 260 g/mol. The molecule has 0 amide bonds. The Balaban J connectivity index is 2.40. The minimum absolute atomic E-state index is 0.304. The molecule has 1 unspecified atom stereocenters. The molecule has 2 rings (SSSR count). The molecule has 0 N–H and O–H groups in total. The van der Waals surface area contributed by atoms with Gasteiger partial charge in [-0.15, -0.1) is 0 Å². The van der Waals surface area contributed by atoms with Crippen LogP contribution >= 0.6 is 0 Å². The van der Waals surface area contributed by atoms with E-state index in [9.17, 15) is 9.59 Å². The van der Waals surface area contributed by atoms with Crippen molar-refractivity contribution in [2.24, 2.45) is 7.05 Å². The second-order valence-corrected chi connectivity index (χ2v) is 5.67. The third kappa shape index (κ3) is 2.56. The maximum Gasteiger partial charge on any atom is 0.329 e. The van der Waals surface area contributed by atoms with Crippen molar-refractivity contribution in [1.29, 1.82) is 0 Å². The molecule has 1 atom stereocenters. The summed E-state index contributed by atoms with van der Waals surface area (Å²) < 4.78 is 8.05. The number of hydrogen-bond acceptors (Lipinski definition) is 5. The summed E-state index contributed by atoms with van der Waals surface area (Å²) in [6.45, 7) is 6.95. The fourth-order valence-corrected chi connectivity index (χ4v) is 1.82. The van der Waals surface area contributed by atoms with Crippen LogP contribution in [0.1, 0.15) is 33.7 Å². The Bertz CT molecular complexity index is 708. The number of ether oxygens (including phenoxy) is 1. The number of hydrogen-bond donors (Lipinski definition) is 0. The predicted molar refractivity (Wildman–Crippen MR) is 73.3 cm³/mol. The van der Waals surface area contributed by atoms with Crippen molar-refractivity contribution >= 4 is 17.0 Å². The number of nitrogens with zero attached hydrogens (tertiary/aromatic N) is 4. The van der Waals surface area contributed by atoms with Gasteiger partial charge >= 0.3 is 5.97 Å². The molecular formula is C13H18N4O3. The number of rotatable bonds is 2. The maximum absolute atomic E-state index is 12.3. The van der Waals surface area contributed by atoms with Crippen LogP contribution in [0.5, 0.6) is 0 Å². The van der Waals surface area contributed by atoms with Crippen molar-refractivity contribution in [3.63, 3.8) is 0 Å². The van der Waals surface area contributed by atoms with Crippen molar-refractivity contribution in [3.05, 3.63) is 22.9 Å². The highest BCUT2D eigenvalue weighted by Gasteiger charge is 2.24. The van der Waals surface area contributed by atoms with Gasteiger partial charge < -0.3 is 4.74 Å². The minimum Gasteiger partial charge on any atom is -0.458 e. The van der Waals surface area contributed by atoms with Crippen molar-refractivity contribution in [1.82, 2.24) is 19.3 Å². The van der Waals surface area contributed by atoms with Crippen molar-refractivity contribution in [2.75, 3.05) is 0 Å². The van der Waals surface area contributed by atoms with E-state index in [1.165, 1.54) is 21.8 Å². The van der Waals surface area contributed by atoms with Gasteiger partial charge in [0.05, 0.1) is 6.20 Å². The van der Waals surface area contributed by atoms with Gasteiger partial charge in [0.25, 0.3) is 5.56 Å². The Labute approximate surface area is 116 Å². The SMILES string of the molecule is CC(C(=O)OC(C)(C)C)n1cnc2c(cnn2C)c1=O. The highest BCUT2D eigenvalue weighted by atomic mass is 16.6. The van der Waals surface area contributed by atoms with E-state index in [4.69, 9.17) is 4.74 Å². The molecule has 0 fully saturated rings. The van der Waals surface area contributed by atoms with Gasteiger partial charge in [0.2, 0.25) is 0 Å². The van der Waals surface area contributed by atoms with Crippen LogP contribution in [0, 0.1) is 0 Å². The number of carbonyl (C=O) groups is 1. The van der Waals surface area contributed by atoms with E-state index in [2.05, 4.69) is 10.1 Å². The van der Waals surface area contributed by atoms with Crippen LogP contribution in [0.3, 0.4) is 0 Å². The van der Waals surface area contributed by atoms with E-state index in [0.29, 0.717) is 11.0 Å². The molecule has 108 valence electrons. The Morgan fingerprint density at radius 2 is 2.05 bits per heavy atom. The first kappa shape index (κ1) is 14.2. The predicted octanol–water partition coefficient (Wildman–Crippen LogP) is 1.03. The summed E-state index contributed by atoms with van der Waals surface area (Å²) in [5, 5.41) is 4.37. The molecule has 2 aromatic rings. The first-order valence-corrected chi connectivity index (χ1v) is 6.32. The fraction of sp³-hybridized carbons (Fsp3) is 0.538. The van der Waals surface area contributed by atoms with Gasteiger partial charge in [-0.25, -0.2) is 9.78 Å². The van der Waals surface area contributed by atoms with E-state index >= 15 is 0 Å². The molecule has 0 aliphatic carbocycles. The first-order chi connectivity index (χ1) is 9.20. The topological polar surface area (TPSA) is 79.0 Å². The van der Waals surface area contributed by atoms with Crippen molar-refractivity contribution in [3.8, 4) is 0 Å². The summed E-state index contributed by atoms with van der Waals surface area (Å²) in [5.74, 6) is -0.468. The maximum atomic E-state index is 12.3. The molecule has 0 radical (unpaired) electrons. The molecule has 0 saturated carbocycles. The summed E-state index contributed by atoms with van der Waals surface area (Å²) in [5.41, 5.74) is -0.412. The molecule has 7 nitrogen and oxygen atoms in total. The third-order valence-electron chi connectivity index (χ3n) is 2.84. The van der Waals surface area contributed by atoms with Gasteiger partial charge in [0, 0.05) is 7.05 Å². The lowest BCUT2D eigenvalue weighted by Gasteiger charge is -2.22. The first-order valence-electron chi connectivity index (χ1n) is 6.32. The molecule has 0 aromatic carbocycles. The third-order valence-corrected chi connectivity index (χ3v) is 2.84. The molecule has 2 aromatic heterocycles. The zero-order chi connectivity index (χ0) is 15.1. The van der Waals surface area contributed by atoms with Crippen LogP contribution in [-0.2, 0) is 16.6 Å². The van der Waals surface area contributed by atoms with Crippen molar-refractivity contribution < 1.29 is 9.53 Å². The van der Waals surface area contributed by atoms with Gasteiger partial charge in [-0.1, -0.05) is 0 Å². The Kier molecular flexibility index (Phi) is 3.37. The summed E-state index contributed by atoms with van der Waals surface area (Å²) in [4.78, 5) is 28.5. The van der Waals surface area contributed by atoms with Crippen LogP contribution < -0.4 is 5.56 Å². The lowest BCUT2D eigenvalue weighted by Crippen LogP contribution is -2.33. The summed E-state index contributed by atoms with van der Waals surface area (Å²) >= 11 is 0. The second kappa shape index (κ2) is 4.73. The molecule has 0 aliphatic rings. The average molecular weight is 278 g/mol. The second-order valence-electron chi connectivity index (χ2n) is 5.67. The molecule has 0 spiro atoms. The van der Waals surface area contributed by atoms with Crippen molar-refractivity contribution in [2.45, 2.75) is 39.3 Å². The van der Waals surface area contributed by atoms with E-state index in [-0.39, 0.29) is 5.56 Å². The molecule has 7 heteroatoms. The fourth-order valence-electron chi connectivity index (χ4n) is 1.82. The quantitative estimate of drug-likeness (QED) is 0.767. The number of aromatic nitrogens is 4. The Morgan fingerprint density at radius 3 is 2.65 bits per heavy atom.